The molecule has 0 atom stereocenters. The Balaban J connectivity index is 0.000000228. The van der Waals surface area contributed by atoms with E-state index in [-0.39, 0.29) is 21.8 Å². The van der Waals surface area contributed by atoms with Crippen LogP contribution in [0.4, 0.5) is 16.0 Å². The minimum absolute atomic E-state index is 0.0753. The molecule has 136 valence electrons. The van der Waals surface area contributed by atoms with E-state index in [9.17, 15) is 4.39 Å². The lowest BCUT2D eigenvalue weighted by Gasteiger charge is -2.05. The number of nitrogens with zero attached hydrogens (tertiary/aromatic N) is 4. The van der Waals surface area contributed by atoms with Gasteiger partial charge < -0.3 is 16.5 Å². The molecule has 0 aromatic carbocycles. The highest BCUT2D eigenvalue weighted by atomic mass is 35.5. The molecule has 0 fully saturated rings. The number of hydrogen-bond donors (Lipinski definition) is 3. The van der Waals surface area contributed by atoms with E-state index in [2.05, 4.69) is 24.9 Å². The van der Waals surface area contributed by atoms with Crippen LogP contribution in [-0.2, 0) is 0 Å². The highest BCUT2D eigenvalue weighted by Crippen LogP contribution is 2.35. The molecule has 3 heterocycles. The molecule has 7 nitrogen and oxygen atoms in total. The molecule has 5 N–H and O–H groups in total. The van der Waals surface area contributed by atoms with E-state index in [1.165, 1.54) is 18.6 Å². The van der Waals surface area contributed by atoms with Crippen LogP contribution in [-0.4, -0.2) is 24.9 Å². The number of nitrogens with two attached hydrogens (primary N) is 2. The molecular formula is C13H9Cl3FN7S2. The third-order valence-electron chi connectivity index (χ3n) is 2.53. The third-order valence-corrected chi connectivity index (χ3v) is 4.78. The fourth-order valence-electron chi connectivity index (χ4n) is 1.43. The largest absolute Gasteiger partial charge is 0.381 e. The van der Waals surface area contributed by atoms with Gasteiger partial charge in [-0.05, 0) is 6.07 Å². The number of pyridine rings is 1. The van der Waals surface area contributed by atoms with Crippen molar-refractivity contribution in [2.45, 2.75) is 9.92 Å². The van der Waals surface area contributed by atoms with Crippen LogP contribution in [0.15, 0.2) is 34.6 Å². The molecule has 0 bridgehead atoms. The van der Waals surface area contributed by atoms with Crippen molar-refractivity contribution < 1.29 is 4.39 Å². The number of anilines is 2. The van der Waals surface area contributed by atoms with Gasteiger partial charge >= 0.3 is 0 Å². The normalized spacial score (nSPS) is 10.2. The van der Waals surface area contributed by atoms with Crippen molar-refractivity contribution in [1.29, 1.82) is 0 Å². The fraction of sp³-hybridized carbons (Fsp3) is 0. The summed E-state index contributed by atoms with van der Waals surface area (Å²) in [4.78, 5) is 18.0. The topological polar surface area (TPSA) is 119 Å². The van der Waals surface area contributed by atoms with E-state index in [0.717, 1.165) is 11.8 Å². The number of halogens is 4. The van der Waals surface area contributed by atoms with Crippen molar-refractivity contribution >= 4 is 70.4 Å². The van der Waals surface area contributed by atoms with E-state index in [4.69, 9.17) is 58.5 Å². The maximum absolute atomic E-state index is 13.1. The molecule has 0 saturated carbocycles. The molecule has 0 saturated heterocycles. The van der Waals surface area contributed by atoms with Crippen molar-refractivity contribution in [3.8, 4) is 0 Å². The van der Waals surface area contributed by atoms with Gasteiger partial charge in [-0.1, -0.05) is 58.8 Å². The van der Waals surface area contributed by atoms with Crippen LogP contribution < -0.4 is 11.5 Å². The Morgan fingerprint density at radius 3 is 2.38 bits per heavy atom. The highest BCUT2D eigenvalue weighted by molar-refractivity contribution is 7.99. The maximum Gasteiger partial charge on any atom is 0.232 e. The van der Waals surface area contributed by atoms with Crippen molar-refractivity contribution in [2.75, 3.05) is 11.5 Å². The van der Waals surface area contributed by atoms with E-state index >= 15 is 0 Å². The zero-order valence-corrected chi connectivity index (χ0v) is 16.5. The lowest BCUT2D eigenvalue weighted by Crippen LogP contribution is -1.96. The second-order valence-electron chi connectivity index (χ2n) is 4.34. The first-order valence-corrected chi connectivity index (χ1v) is 8.90. The van der Waals surface area contributed by atoms with Crippen LogP contribution in [0, 0.1) is 10.6 Å². The zero-order valence-electron chi connectivity index (χ0n) is 12.6. The van der Waals surface area contributed by atoms with E-state index < -0.39 is 5.95 Å². The quantitative estimate of drug-likeness (QED) is 0.386. The Morgan fingerprint density at radius 2 is 1.77 bits per heavy atom. The summed E-state index contributed by atoms with van der Waals surface area (Å²) in [6.07, 6.45) is 4.15. The number of hydrogen-bond acceptors (Lipinski definition) is 8. The SMILES string of the molecule is Nc1nc(Cl)c[nH]c1=S.Nc1nc(Cl)cnc1Sc1ccnc(F)c1Cl. The van der Waals surface area contributed by atoms with Crippen LogP contribution in [0.2, 0.25) is 15.3 Å². The Bertz CT molecular complexity index is 986. The van der Waals surface area contributed by atoms with Gasteiger partial charge in [0, 0.05) is 17.3 Å². The number of aromatic amines is 1. The molecule has 0 aliphatic heterocycles. The highest BCUT2D eigenvalue weighted by Gasteiger charge is 2.12. The van der Waals surface area contributed by atoms with Gasteiger partial charge in [0.2, 0.25) is 5.95 Å². The molecule has 0 amide bonds. The van der Waals surface area contributed by atoms with Crippen LogP contribution in [0.5, 0.6) is 0 Å². The predicted octanol–water partition coefficient (Wildman–Crippen LogP) is 4.43. The molecular weight excluding hydrogens is 444 g/mol. The van der Waals surface area contributed by atoms with E-state index in [0.29, 0.717) is 19.7 Å². The molecule has 3 aromatic heterocycles. The van der Waals surface area contributed by atoms with Gasteiger partial charge in [0.25, 0.3) is 0 Å². The molecule has 0 aliphatic rings. The molecule has 0 aliphatic carbocycles. The molecule has 3 aromatic rings. The van der Waals surface area contributed by atoms with Crippen LogP contribution in [0.1, 0.15) is 0 Å². The van der Waals surface area contributed by atoms with Gasteiger partial charge in [0.15, 0.2) is 11.6 Å². The Labute approximate surface area is 171 Å². The lowest BCUT2D eigenvalue weighted by molar-refractivity contribution is 0.580. The average molecular weight is 453 g/mol. The van der Waals surface area contributed by atoms with Crippen LogP contribution in [0.3, 0.4) is 0 Å². The minimum Gasteiger partial charge on any atom is -0.381 e. The standard InChI is InChI=1S/C9H5Cl2FN4S.C4H4ClN3S/c10-5-3-15-9(8(13)16-5)17-4-1-2-14-7(12)6(4)11;5-2-1-7-4(9)3(6)8-2/h1-3H,(H2,13,16);1H,(H2,6,8)(H,7,9). The Kier molecular flexibility index (Phi) is 7.35. The number of rotatable bonds is 2. The Morgan fingerprint density at radius 1 is 1.08 bits per heavy atom. The summed E-state index contributed by atoms with van der Waals surface area (Å²) >= 11 is 22.6. The first-order valence-electron chi connectivity index (χ1n) is 6.54. The summed E-state index contributed by atoms with van der Waals surface area (Å²) in [6, 6.07) is 1.56. The van der Waals surface area contributed by atoms with Crippen LogP contribution in [0.25, 0.3) is 0 Å². The van der Waals surface area contributed by atoms with E-state index in [1.807, 2.05) is 0 Å². The smallest absolute Gasteiger partial charge is 0.232 e. The third kappa shape index (κ3) is 5.64. The first kappa shape index (κ1) is 20.6. The monoisotopic (exact) mass is 451 g/mol. The summed E-state index contributed by atoms with van der Waals surface area (Å²) in [5.74, 6) is -0.314. The fourth-order valence-corrected chi connectivity index (χ4v) is 2.81. The first-order chi connectivity index (χ1) is 12.3. The van der Waals surface area contributed by atoms with Gasteiger partial charge in [-0.15, -0.1) is 0 Å². The number of nitrogen functional groups attached to an aromatic ring is 2. The Hall–Kier alpha value is -1.72. The molecule has 0 spiro atoms. The molecule has 26 heavy (non-hydrogen) atoms. The average Bonchev–Trinajstić information content (AvgIpc) is 2.58. The van der Waals surface area contributed by atoms with Crippen LogP contribution >= 0.6 is 58.8 Å². The molecule has 0 unspecified atom stereocenters. The zero-order chi connectivity index (χ0) is 19.3. The van der Waals surface area contributed by atoms with E-state index in [1.54, 1.807) is 6.07 Å². The van der Waals surface area contributed by atoms with Crippen molar-refractivity contribution in [3.05, 3.63) is 50.6 Å². The van der Waals surface area contributed by atoms with Gasteiger partial charge in [0.05, 0.1) is 6.20 Å². The van der Waals surface area contributed by atoms with Crippen molar-refractivity contribution in [1.82, 2.24) is 24.9 Å². The van der Waals surface area contributed by atoms with Gasteiger partial charge in [0.1, 0.15) is 25.0 Å². The summed E-state index contributed by atoms with van der Waals surface area (Å²) in [6.45, 7) is 0. The minimum atomic E-state index is -0.739. The summed E-state index contributed by atoms with van der Waals surface area (Å²) < 4.78 is 13.5. The summed E-state index contributed by atoms with van der Waals surface area (Å²) in [7, 11) is 0. The molecule has 13 heteroatoms. The van der Waals surface area contributed by atoms with Crippen molar-refractivity contribution in [3.63, 3.8) is 0 Å². The summed E-state index contributed by atoms with van der Waals surface area (Å²) in [5, 5.41) is 0.843. The summed E-state index contributed by atoms with van der Waals surface area (Å²) in [5.41, 5.74) is 10.9. The molecule has 3 rings (SSSR count). The second-order valence-corrected chi connectivity index (χ2v) is 6.93. The lowest BCUT2D eigenvalue weighted by atomic mass is 10.5. The van der Waals surface area contributed by atoms with Gasteiger partial charge in [-0.25, -0.2) is 19.9 Å². The number of nitrogens with one attached hydrogen (secondary N) is 1. The van der Waals surface area contributed by atoms with Gasteiger partial charge in [-0.3, -0.25) is 0 Å². The molecule has 0 radical (unpaired) electrons. The number of aromatic nitrogens is 5. The van der Waals surface area contributed by atoms with Crippen molar-refractivity contribution in [2.24, 2.45) is 0 Å². The predicted molar refractivity (Wildman–Crippen MR) is 104 cm³/mol. The van der Waals surface area contributed by atoms with Gasteiger partial charge in [-0.2, -0.15) is 4.39 Å². The second kappa shape index (κ2) is 9.28. The number of H-pyrrole nitrogens is 1. The maximum atomic E-state index is 13.1.